The minimum atomic E-state index is -0.577. The number of nitro benzene ring substituents is 1. The first-order chi connectivity index (χ1) is 16.0. The zero-order valence-electron chi connectivity index (χ0n) is 17.8. The van der Waals surface area contributed by atoms with Gasteiger partial charge in [-0.15, -0.1) is 0 Å². The summed E-state index contributed by atoms with van der Waals surface area (Å²) >= 11 is 0. The molecule has 1 aromatic heterocycles. The van der Waals surface area contributed by atoms with Gasteiger partial charge >= 0.3 is 0 Å². The van der Waals surface area contributed by atoms with Crippen LogP contribution in [-0.4, -0.2) is 69.1 Å². The predicted octanol–water partition coefficient (Wildman–Crippen LogP) is 1.64. The topological polar surface area (TPSA) is 126 Å². The van der Waals surface area contributed by atoms with Gasteiger partial charge < -0.3 is 15.1 Å². The van der Waals surface area contributed by atoms with E-state index < -0.39 is 10.8 Å². The van der Waals surface area contributed by atoms with Gasteiger partial charge in [-0.05, 0) is 24.3 Å². The molecule has 0 aliphatic carbocycles. The van der Waals surface area contributed by atoms with E-state index in [1.54, 1.807) is 4.90 Å². The van der Waals surface area contributed by atoms with Crippen molar-refractivity contribution in [2.24, 2.45) is 0 Å². The molecule has 0 bridgehead atoms. The van der Waals surface area contributed by atoms with E-state index in [1.807, 2.05) is 18.2 Å². The molecule has 1 fully saturated rings. The van der Waals surface area contributed by atoms with E-state index >= 15 is 0 Å². The van der Waals surface area contributed by atoms with Gasteiger partial charge in [-0.2, -0.15) is 5.10 Å². The number of anilines is 1. The molecule has 4 rings (SSSR count). The second-order valence-electron chi connectivity index (χ2n) is 7.51. The monoisotopic (exact) mass is 449 g/mol. The average Bonchev–Trinajstić information content (AvgIpc) is 3.39. The normalized spacial score (nSPS) is 13.6. The van der Waals surface area contributed by atoms with Gasteiger partial charge in [0.15, 0.2) is 0 Å². The third kappa shape index (κ3) is 5.14. The number of nitrogens with one attached hydrogen (secondary N) is 1. The van der Waals surface area contributed by atoms with Crippen LogP contribution in [0.25, 0.3) is 5.69 Å². The van der Waals surface area contributed by atoms with E-state index in [0.717, 1.165) is 18.8 Å². The van der Waals surface area contributed by atoms with E-state index in [4.69, 9.17) is 0 Å². The second kappa shape index (κ2) is 9.90. The number of hydrogen-bond donors (Lipinski definition) is 1. The fourth-order valence-electron chi connectivity index (χ4n) is 3.73. The largest absolute Gasteiger partial charge is 0.368 e. The molecular weight excluding hydrogens is 426 g/mol. The SMILES string of the molecule is O=C(NCCC(=O)N1CCN(c2ccccc2)CC1)c1ccc(-n2cncn2)c([N+](=O)[O-])c1. The van der Waals surface area contributed by atoms with Crippen molar-refractivity contribution < 1.29 is 14.5 Å². The Bertz CT molecular complexity index is 1130. The molecule has 33 heavy (non-hydrogen) atoms. The molecule has 2 aromatic carbocycles. The molecule has 1 saturated heterocycles. The Morgan fingerprint density at radius 3 is 2.48 bits per heavy atom. The van der Waals surface area contributed by atoms with Crippen LogP contribution in [0, 0.1) is 10.1 Å². The number of amides is 2. The summed E-state index contributed by atoms with van der Waals surface area (Å²) in [7, 11) is 0. The van der Waals surface area contributed by atoms with Gasteiger partial charge in [0.05, 0.1) is 4.92 Å². The molecule has 1 aliphatic heterocycles. The van der Waals surface area contributed by atoms with Crippen molar-refractivity contribution in [2.45, 2.75) is 6.42 Å². The molecule has 1 aliphatic rings. The van der Waals surface area contributed by atoms with Crippen LogP contribution in [0.1, 0.15) is 16.8 Å². The quantitative estimate of drug-likeness (QED) is 0.429. The molecule has 0 atom stereocenters. The highest BCUT2D eigenvalue weighted by atomic mass is 16.6. The first-order valence-corrected chi connectivity index (χ1v) is 10.5. The average molecular weight is 449 g/mol. The predicted molar refractivity (Wildman–Crippen MR) is 120 cm³/mol. The number of carbonyl (C=O) groups excluding carboxylic acids is 2. The molecule has 3 aromatic rings. The van der Waals surface area contributed by atoms with Gasteiger partial charge in [-0.25, -0.2) is 9.67 Å². The zero-order valence-corrected chi connectivity index (χ0v) is 17.8. The highest BCUT2D eigenvalue weighted by Crippen LogP contribution is 2.23. The summed E-state index contributed by atoms with van der Waals surface area (Å²) in [6.45, 7) is 2.90. The summed E-state index contributed by atoms with van der Waals surface area (Å²) in [5, 5.41) is 18.0. The fraction of sp³-hybridized carbons (Fsp3) is 0.273. The van der Waals surface area contributed by atoms with Crippen molar-refractivity contribution in [3.05, 3.63) is 76.9 Å². The third-order valence-corrected chi connectivity index (χ3v) is 5.48. The summed E-state index contributed by atoms with van der Waals surface area (Å²) in [5.41, 5.74) is 1.22. The van der Waals surface area contributed by atoms with Crippen LogP contribution in [0.2, 0.25) is 0 Å². The Labute approximate surface area is 189 Å². The van der Waals surface area contributed by atoms with Crippen molar-refractivity contribution in [3.63, 3.8) is 0 Å². The minimum Gasteiger partial charge on any atom is -0.368 e. The first kappa shape index (κ1) is 21.9. The number of carbonyl (C=O) groups is 2. The molecular formula is C22H23N7O4. The number of rotatable bonds is 7. The summed E-state index contributed by atoms with van der Waals surface area (Å²) < 4.78 is 1.26. The lowest BCUT2D eigenvalue weighted by atomic mass is 10.1. The maximum Gasteiger partial charge on any atom is 0.295 e. The van der Waals surface area contributed by atoms with Crippen LogP contribution in [0.4, 0.5) is 11.4 Å². The Kier molecular flexibility index (Phi) is 6.58. The van der Waals surface area contributed by atoms with Gasteiger partial charge in [-0.3, -0.25) is 19.7 Å². The second-order valence-corrected chi connectivity index (χ2v) is 7.51. The smallest absolute Gasteiger partial charge is 0.295 e. The van der Waals surface area contributed by atoms with Crippen molar-refractivity contribution in [3.8, 4) is 5.69 Å². The van der Waals surface area contributed by atoms with Crippen molar-refractivity contribution in [2.75, 3.05) is 37.6 Å². The van der Waals surface area contributed by atoms with Gasteiger partial charge in [-0.1, -0.05) is 18.2 Å². The van der Waals surface area contributed by atoms with Crippen LogP contribution in [-0.2, 0) is 4.79 Å². The highest BCUT2D eigenvalue weighted by Gasteiger charge is 2.22. The number of para-hydroxylation sites is 1. The Morgan fingerprint density at radius 1 is 1.06 bits per heavy atom. The first-order valence-electron chi connectivity index (χ1n) is 10.5. The van der Waals surface area contributed by atoms with E-state index in [1.165, 1.54) is 35.5 Å². The molecule has 0 spiro atoms. The van der Waals surface area contributed by atoms with Gasteiger partial charge in [0.2, 0.25) is 5.91 Å². The van der Waals surface area contributed by atoms with Crippen LogP contribution in [0.15, 0.2) is 61.2 Å². The minimum absolute atomic E-state index is 0.0319. The zero-order chi connectivity index (χ0) is 23.2. The molecule has 0 saturated carbocycles. The summed E-state index contributed by atoms with van der Waals surface area (Å²) in [5.74, 6) is -0.513. The number of aromatic nitrogens is 3. The molecule has 1 N–H and O–H groups in total. The summed E-state index contributed by atoms with van der Waals surface area (Å²) in [6, 6.07) is 14.2. The number of benzene rings is 2. The molecule has 0 radical (unpaired) electrons. The number of piperazine rings is 1. The van der Waals surface area contributed by atoms with Crippen molar-refractivity contribution >= 4 is 23.2 Å². The molecule has 170 valence electrons. The van der Waals surface area contributed by atoms with Crippen LogP contribution in [0.3, 0.4) is 0 Å². The Balaban J connectivity index is 1.28. The van der Waals surface area contributed by atoms with Gasteiger partial charge in [0, 0.05) is 56.5 Å². The fourth-order valence-corrected chi connectivity index (χ4v) is 3.73. The Hall–Kier alpha value is -4.28. The maximum atomic E-state index is 12.5. The lowest BCUT2D eigenvalue weighted by molar-refractivity contribution is -0.384. The number of hydrogen-bond acceptors (Lipinski definition) is 7. The lowest BCUT2D eigenvalue weighted by Gasteiger charge is -2.36. The number of nitrogens with zero attached hydrogens (tertiary/aromatic N) is 6. The van der Waals surface area contributed by atoms with E-state index in [2.05, 4.69) is 32.4 Å². The molecule has 11 nitrogen and oxygen atoms in total. The Morgan fingerprint density at radius 2 is 1.82 bits per heavy atom. The molecule has 2 heterocycles. The lowest BCUT2D eigenvalue weighted by Crippen LogP contribution is -2.49. The molecule has 0 unspecified atom stereocenters. The highest BCUT2D eigenvalue weighted by molar-refractivity contribution is 5.95. The third-order valence-electron chi connectivity index (χ3n) is 5.48. The van der Waals surface area contributed by atoms with Crippen LogP contribution >= 0.6 is 0 Å². The standard InChI is InChI=1S/C22H23N7O4/c30-21(27-12-10-26(11-13-27)18-4-2-1-3-5-18)8-9-24-22(31)17-6-7-19(20(14-17)29(32)33)28-16-23-15-25-28/h1-7,14-16H,8-13H2,(H,24,31). The number of nitro groups is 1. The summed E-state index contributed by atoms with van der Waals surface area (Å²) in [6.07, 6.45) is 2.77. The van der Waals surface area contributed by atoms with E-state index in [-0.39, 0.29) is 35.8 Å². The van der Waals surface area contributed by atoms with Crippen molar-refractivity contribution in [1.29, 1.82) is 0 Å². The van der Waals surface area contributed by atoms with Crippen LogP contribution in [0.5, 0.6) is 0 Å². The maximum absolute atomic E-state index is 12.5. The summed E-state index contributed by atoms with van der Waals surface area (Å²) in [4.78, 5) is 43.7. The van der Waals surface area contributed by atoms with Gasteiger partial charge in [0.1, 0.15) is 18.3 Å². The van der Waals surface area contributed by atoms with E-state index in [0.29, 0.717) is 13.1 Å². The molecule has 11 heteroatoms. The van der Waals surface area contributed by atoms with E-state index in [9.17, 15) is 19.7 Å². The van der Waals surface area contributed by atoms with Crippen LogP contribution < -0.4 is 10.2 Å². The molecule has 2 amide bonds. The van der Waals surface area contributed by atoms with Gasteiger partial charge in [0.25, 0.3) is 11.6 Å². The van der Waals surface area contributed by atoms with Crippen molar-refractivity contribution in [1.82, 2.24) is 25.0 Å².